The Kier molecular flexibility index (Phi) is 3.93. The molecular weight excluding hydrogens is 176 g/mol. The molecule has 3 N–H and O–H groups in total. The number of hydrogen-bond acceptors (Lipinski definition) is 2. The van der Waals surface area contributed by atoms with E-state index >= 15 is 0 Å². The Hall–Kier alpha value is -0.570. The van der Waals surface area contributed by atoms with E-state index < -0.39 is 0 Å². The van der Waals surface area contributed by atoms with Crippen molar-refractivity contribution in [1.82, 2.24) is 5.32 Å². The zero-order chi connectivity index (χ0) is 10.6. The molecule has 1 aliphatic carbocycles. The minimum absolute atomic E-state index is 0.218. The van der Waals surface area contributed by atoms with Crippen molar-refractivity contribution in [3.63, 3.8) is 0 Å². The van der Waals surface area contributed by atoms with Crippen molar-refractivity contribution in [1.29, 1.82) is 0 Å². The quantitative estimate of drug-likeness (QED) is 0.678. The highest BCUT2D eigenvalue weighted by molar-refractivity contribution is 5.74. The van der Waals surface area contributed by atoms with Crippen LogP contribution in [0.15, 0.2) is 0 Å². The second-order valence-corrected chi connectivity index (χ2v) is 4.66. The molecule has 0 bridgehead atoms. The van der Waals surface area contributed by atoms with E-state index in [0.29, 0.717) is 11.8 Å². The van der Waals surface area contributed by atoms with E-state index in [9.17, 15) is 4.79 Å². The lowest BCUT2D eigenvalue weighted by atomic mass is 9.67. The molecule has 1 saturated carbocycles. The molecule has 0 saturated heterocycles. The van der Waals surface area contributed by atoms with Gasteiger partial charge in [-0.25, -0.2) is 0 Å². The highest BCUT2D eigenvalue weighted by Gasteiger charge is 2.34. The molecule has 3 nitrogen and oxygen atoms in total. The van der Waals surface area contributed by atoms with E-state index in [4.69, 9.17) is 5.73 Å². The van der Waals surface area contributed by atoms with E-state index in [1.807, 2.05) is 6.92 Å². The Balaban J connectivity index is 2.21. The van der Waals surface area contributed by atoms with Gasteiger partial charge < -0.3 is 11.1 Å². The molecule has 14 heavy (non-hydrogen) atoms. The summed E-state index contributed by atoms with van der Waals surface area (Å²) in [5.74, 6) is -0.218. The molecule has 82 valence electrons. The summed E-state index contributed by atoms with van der Waals surface area (Å²) >= 11 is 0. The van der Waals surface area contributed by atoms with Crippen LogP contribution in [0, 0.1) is 5.41 Å². The van der Waals surface area contributed by atoms with Crippen molar-refractivity contribution < 1.29 is 4.79 Å². The summed E-state index contributed by atoms with van der Waals surface area (Å²) in [6.45, 7) is 5.31. The summed E-state index contributed by atoms with van der Waals surface area (Å²) in [6.07, 6.45) is 5.71. The topological polar surface area (TPSA) is 55.1 Å². The van der Waals surface area contributed by atoms with Crippen molar-refractivity contribution in [2.24, 2.45) is 11.1 Å². The van der Waals surface area contributed by atoms with E-state index in [0.717, 1.165) is 6.54 Å². The Morgan fingerprint density at radius 1 is 1.57 bits per heavy atom. The molecule has 1 rings (SSSR count). The maximum Gasteiger partial charge on any atom is 0.218 e. The van der Waals surface area contributed by atoms with Gasteiger partial charge in [-0.05, 0) is 31.6 Å². The smallest absolute Gasteiger partial charge is 0.218 e. The Bertz CT molecular complexity index is 194. The van der Waals surface area contributed by atoms with Gasteiger partial charge in [0.15, 0.2) is 0 Å². The number of primary amides is 1. The van der Waals surface area contributed by atoms with Crippen LogP contribution in [-0.2, 0) is 4.79 Å². The van der Waals surface area contributed by atoms with Gasteiger partial charge in [0.2, 0.25) is 5.91 Å². The van der Waals surface area contributed by atoms with Crippen LogP contribution in [0.2, 0.25) is 0 Å². The largest absolute Gasteiger partial charge is 0.370 e. The highest BCUT2D eigenvalue weighted by atomic mass is 16.1. The second-order valence-electron chi connectivity index (χ2n) is 4.66. The summed E-state index contributed by atoms with van der Waals surface area (Å²) < 4.78 is 0. The number of amides is 1. The van der Waals surface area contributed by atoms with Crippen molar-refractivity contribution in [2.45, 2.75) is 52.0 Å². The summed E-state index contributed by atoms with van der Waals surface area (Å²) in [6, 6.07) is 0.219. The highest BCUT2D eigenvalue weighted by Crippen LogP contribution is 2.43. The number of carbonyl (C=O) groups excluding carboxylic acids is 1. The van der Waals surface area contributed by atoms with E-state index in [2.05, 4.69) is 12.2 Å². The Morgan fingerprint density at radius 2 is 2.21 bits per heavy atom. The molecule has 1 aliphatic rings. The predicted molar refractivity (Wildman–Crippen MR) is 57.9 cm³/mol. The molecule has 0 aliphatic heterocycles. The van der Waals surface area contributed by atoms with Gasteiger partial charge in [0.05, 0.1) is 0 Å². The Morgan fingerprint density at radius 3 is 2.57 bits per heavy atom. The molecule has 1 amide bonds. The minimum atomic E-state index is -0.218. The van der Waals surface area contributed by atoms with Crippen molar-refractivity contribution in [2.75, 3.05) is 6.54 Å². The molecule has 0 aromatic rings. The van der Waals surface area contributed by atoms with E-state index in [1.165, 1.54) is 25.7 Å². The number of nitrogens with one attached hydrogen (secondary N) is 1. The van der Waals surface area contributed by atoms with Crippen LogP contribution < -0.4 is 11.1 Å². The average Bonchev–Trinajstić information content (AvgIpc) is 2.01. The standard InChI is InChI=1S/C11H22N2O/c1-3-11(5-4-6-11)8-13-9(2)7-10(12)14/h9,13H,3-8H2,1-2H3,(H2,12,14). The minimum Gasteiger partial charge on any atom is -0.370 e. The number of nitrogens with two attached hydrogens (primary N) is 1. The zero-order valence-electron chi connectivity index (χ0n) is 9.31. The first kappa shape index (κ1) is 11.5. The normalized spacial score (nSPS) is 21.3. The third-order valence-corrected chi connectivity index (χ3v) is 3.50. The van der Waals surface area contributed by atoms with E-state index in [-0.39, 0.29) is 11.9 Å². The lowest BCUT2D eigenvalue weighted by Crippen LogP contribution is -2.43. The van der Waals surface area contributed by atoms with Crippen LogP contribution >= 0.6 is 0 Å². The molecular formula is C11H22N2O. The first-order valence-corrected chi connectivity index (χ1v) is 5.60. The van der Waals surface area contributed by atoms with Gasteiger partial charge in [0.1, 0.15) is 0 Å². The maximum absolute atomic E-state index is 10.7. The lowest BCUT2D eigenvalue weighted by molar-refractivity contribution is -0.118. The lowest BCUT2D eigenvalue weighted by Gasteiger charge is -2.42. The third kappa shape index (κ3) is 2.98. The SMILES string of the molecule is CCC1(CNC(C)CC(N)=O)CCC1. The van der Waals surface area contributed by atoms with Gasteiger partial charge in [-0.15, -0.1) is 0 Å². The van der Waals surface area contributed by atoms with Gasteiger partial charge in [-0.1, -0.05) is 13.3 Å². The molecule has 1 atom stereocenters. The number of hydrogen-bond donors (Lipinski definition) is 2. The summed E-state index contributed by atoms with van der Waals surface area (Å²) in [5.41, 5.74) is 5.65. The molecule has 0 spiro atoms. The first-order chi connectivity index (χ1) is 6.58. The van der Waals surface area contributed by atoms with E-state index in [1.54, 1.807) is 0 Å². The monoisotopic (exact) mass is 198 g/mol. The van der Waals surface area contributed by atoms with Crippen LogP contribution in [0.1, 0.15) is 46.0 Å². The fraction of sp³-hybridized carbons (Fsp3) is 0.909. The average molecular weight is 198 g/mol. The zero-order valence-corrected chi connectivity index (χ0v) is 9.31. The molecule has 1 unspecified atom stereocenters. The first-order valence-electron chi connectivity index (χ1n) is 5.60. The third-order valence-electron chi connectivity index (χ3n) is 3.50. The molecule has 3 heteroatoms. The summed E-state index contributed by atoms with van der Waals surface area (Å²) in [5, 5.41) is 3.41. The van der Waals surface area contributed by atoms with Gasteiger partial charge >= 0.3 is 0 Å². The maximum atomic E-state index is 10.7. The van der Waals surface area contributed by atoms with Crippen LogP contribution in [-0.4, -0.2) is 18.5 Å². The summed E-state index contributed by atoms with van der Waals surface area (Å²) in [4.78, 5) is 10.7. The fourth-order valence-electron chi connectivity index (χ4n) is 2.10. The molecule has 0 radical (unpaired) electrons. The Labute approximate surface area is 86.4 Å². The number of carbonyl (C=O) groups is 1. The van der Waals surface area contributed by atoms with Gasteiger partial charge in [-0.2, -0.15) is 0 Å². The predicted octanol–water partition coefficient (Wildman–Crippen LogP) is 1.42. The van der Waals surface area contributed by atoms with Gasteiger partial charge in [-0.3, -0.25) is 4.79 Å². The van der Waals surface area contributed by atoms with Crippen LogP contribution in [0.5, 0.6) is 0 Å². The van der Waals surface area contributed by atoms with Crippen molar-refractivity contribution in [3.8, 4) is 0 Å². The molecule has 0 heterocycles. The molecule has 1 fully saturated rings. The number of rotatable bonds is 6. The summed E-state index contributed by atoms with van der Waals surface area (Å²) in [7, 11) is 0. The van der Waals surface area contributed by atoms with Crippen molar-refractivity contribution >= 4 is 5.91 Å². The van der Waals surface area contributed by atoms with Gasteiger partial charge in [0.25, 0.3) is 0 Å². The molecule has 0 aromatic heterocycles. The van der Waals surface area contributed by atoms with Crippen molar-refractivity contribution in [3.05, 3.63) is 0 Å². The van der Waals surface area contributed by atoms with Crippen LogP contribution in [0.3, 0.4) is 0 Å². The fourth-order valence-corrected chi connectivity index (χ4v) is 2.10. The van der Waals surface area contributed by atoms with Gasteiger partial charge in [0, 0.05) is 19.0 Å². The second kappa shape index (κ2) is 4.78. The van der Waals surface area contributed by atoms with Crippen LogP contribution in [0.4, 0.5) is 0 Å². The van der Waals surface area contributed by atoms with Crippen LogP contribution in [0.25, 0.3) is 0 Å². The molecule has 0 aromatic carbocycles.